The second-order valence-electron chi connectivity index (χ2n) is 4.25. The largest absolute Gasteiger partial charge is 0.0654 e. The molecule has 0 aromatic rings. The highest BCUT2D eigenvalue weighted by atomic mass is 14.3. The molecule has 0 aliphatic rings. The molecule has 0 radical (unpaired) electrons. The Labute approximate surface area is 72.4 Å². The van der Waals surface area contributed by atoms with Crippen LogP contribution < -0.4 is 0 Å². The van der Waals surface area contributed by atoms with Crippen LogP contribution >= 0.6 is 0 Å². The molecule has 0 heterocycles. The van der Waals surface area contributed by atoms with Crippen LogP contribution in [0, 0.1) is 11.3 Å². The first-order chi connectivity index (χ1) is 5.08. The topological polar surface area (TPSA) is 0 Å². The molecule has 0 bridgehead atoms. The maximum Gasteiger partial charge on any atom is -0.0326 e. The summed E-state index contributed by atoms with van der Waals surface area (Å²) in [5.41, 5.74) is 0.568. The van der Waals surface area contributed by atoms with Crippen LogP contribution in [-0.2, 0) is 0 Å². The molecule has 11 heavy (non-hydrogen) atoms. The Morgan fingerprint density at radius 2 is 1.45 bits per heavy atom. The van der Waals surface area contributed by atoms with E-state index in [0.29, 0.717) is 5.41 Å². The van der Waals surface area contributed by atoms with Crippen molar-refractivity contribution in [3.05, 3.63) is 0 Å². The summed E-state index contributed by atoms with van der Waals surface area (Å²) in [5.74, 6) is 0.919. The molecule has 0 aromatic heterocycles. The summed E-state index contributed by atoms with van der Waals surface area (Å²) in [6.07, 6.45) is 5.37. The zero-order valence-electron chi connectivity index (χ0n) is 8.91. The van der Waals surface area contributed by atoms with Gasteiger partial charge >= 0.3 is 0 Å². The van der Waals surface area contributed by atoms with Gasteiger partial charge in [0.15, 0.2) is 0 Å². The third-order valence-corrected chi connectivity index (χ3v) is 2.99. The minimum Gasteiger partial charge on any atom is -0.0654 e. The van der Waals surface area contributed by atoms with E-state index in [1.165, 1.54) is 25.7 Å². The molecule has 0 aliphatic heterocycles. The lowest BCUT2D eigenvalue weighted by molar-refractivity contribution is 0.181. The summed E-state index contributed by atoms with van der Waals surface area (Å²) in [6, 6.07) is 0. The molecule has 68 valence electrons. The average Bonchev–Trinajstić information content (AvgIpc) is 1.89. The molecular formula is C11H24. The molecule has 0 N–H and O–H groups in total. The molecule has 0 saturated carbocycles. The summed E-state index contributed by atoms with van der Waals surface area (Å²) in [5, 5.41) is 0. The van der Waals surface area contributed by atoms with Crippen LogP contribution in [0.2, 0.25) is 0 Å². The fourth-order valence-electron chi connectivity index (χ4n) is 2.24. The molecule has 0 unspecified atom stereocenters. The van der Waals surface area contributed by atoms with Crippen LogP contribution in [0.25, 0.3) is 0 Å². The molecule has 0 aliphatic carbocycles. The van der Waals surface area contributed by atoms with Gasteiger partial charge in [-0.1, -0.05) is 53.9 Å². The van der Waals surface area contributed by atoms with Crippen molar-refractivity contribution in [3.63, 3.8) is 0 Å². The Hall–Kier alpha value is 0. The molecule has 0 rings (SSSR count). The summed E-state index contributed by atoms with van der Waals surface area (Å²) in [7, 11) is 0. The predicted molar refractivity (Wildman–Crippen MR) is 52.8 cm³/mol. The van der Waals surface area contributed by atoms with Gasteiger partial charge in [-0.2, -0.15) is 0 Å². The molecule has 0 fully saturated rings. The van der Waals surface area contributed by atoms with Crippen molar-refractivity contribution in [2.75, 3.05) is 0 Å². The van der Waals surface area contributed by atoms with Crippen molar-refractivity contribution in [1.29, 1.82) is 0 Å². The molecule has 0 spiro atoms. The van der Waals surface area contributed by atoms with Crippen LogP contribution in [0.3, 0.4) is 0 Å². The summed E-state index contributed by atoms with van der Waals surface area (Å²) >= 11 is 0. The van der Waals surface area contributed by atoms with E-state index in [1.807, 2.05) is 0 Å². The van der Waals surface area contributed by atoms with Gasteiger partial charge < -0.3 is 0 Å². The first kappa shape index (κ1) is 11.0. The van der Waals surface area contributed by atoms with E-state index in [0.717, 1.165) is 5.92 Å². The van der Waals surface area contributed by atoms with Crippen LogP contribution in [0.1, 0.15) is 60.3 Å². The van der Waals surface area contributed by atoms with Crippen molar-refractivity contribution >= 4 is 0 Å². The second kappa shape index (κ2) is 4.79. The lowest BCUT2D eigenvalue weighted by atomic mass is 9.73. The Morgan fingerprint density at radius 3 is 1.73 bits per heavy atom. The SMILES string of the molecule is CCCC(C)(C)C(CC)CC. The number of hydrogen-bond acceptors (Lipinski definition) is 0. The van der Waals surface area contributed by atoms with Gasteiger partial charge in [-0.05, 0) is 17.8 Å². The normalized spacial score (nSPS) is 12.5. The molecule has 0 nitrogen and oxygen atoms in total. The monoisotopic (exact) mass is 156 g/mol. The molecule has 0 atom stereocenters. The van der Waals surface area contributed by atoms with Crippen molar-refractivity contribution < 1.29 is 0 Å². The molecule has 0 heteroatoms. The van der Waals surface area contributed by atoms with Crippen LogP contribution in [0.5, 0.6) is 0 Å². The van der Waals surface area contributed by atoms with Crippen LogP contribution in [0.4, 0.5) is 0 Å². The van der Waals surface area contributed by atoms with Crippen molar-refractivity contribution in [2.45, 2.75) is 60.3 Å². The van der Waals surface area contributed by atoms with E-state index in [4.69, 9.17) is 0 Å². The van der Waals surface area contributed by atoms with Gasteiger partial charge in [0, 0.05) is 0 Å². The Morgan fingerprint density at radius 1 is 1.00 bits per heavy atom. The quantitative estimate of drug-likeness (QED) is 0.558. The van der Waals surface area contributed by atoms with E-state index in [-0.39, 0.29) is 0 Å². The van der Waals surface area contributed by atoms with Gasteiger partial charge in [-0.15, -0.1) is 0 Å². The molecule has 0 saturated heterocycles. The second-order valence-corrected chi connectivity index (χ2v) is 4.25. The Bertz CT molecular complexity index is 88.2. The smallest absolute Gasteiger partial charge is 0.0326 e. The third-order valence-electron chi connectivity index (χ3n) is 2.99. The first-order valence-electron chi connectivity index (χ1n) is 5.08. The van der Waals surface area contributed by atoms with Crippen LogP contribution in [0.15, 0.2) is 0 Å². The van der Waals surface area contributed by atoms with E-state index >= 15 is 0 Å². The standard InChI is InChI=1S/C11H24/c1-6-9-11(4,5)10(7-2)8-3/h10H,6-9H2,1-5H3. The lowest BCUT2D eigenvalue weighted by Crippen LogP contribution is -2.22. The van der Waals surface area contributed by atoms with Gasteiger partial charge in [0.2, 0.25) is 0 Å². The Balaban J connectivity index is 4.00. The van der Waals surface area contributed by atoms with E-state index < -0.39 is 0 Å². The zero-order valence-corrected chi connectivity index (χ0v) is 8.91. The summed E-state index contributed by atoms with van der Waals surface area (Å²) < 4.78 is 0. The summed E-state index contributed by atoms with van der Waals surface area (Å²) in [6.45, 7) is 11.7. The minimum absolute atomic E-state index is 0.568. The zero-order chi connectivity index (χ0) is 8.91. The fourth-order valence-corrected chi connectivity index (χ4v) is 2.24. The highest BCUT2D eigenvalue weighted by Gasteiger charge is 2.25. The lowest BCUT2D eigenvalue weighted by Gasteiger charge is -2.33. The minimum atomic E-state index is 0.568. The highest BCUT2D eigenvalue weighted by Crippen LogP contribution is 2.35. The van der Waals surface area contributed by atoms with Gasteiger partial charge in [-0.25, -0.2) is 0 Å². The maximum absolute atomic E-state index is 2.41. The number of hydrogen-bond donors (Lipinski definition) is 0. The average molecular weight is 156 g/mol. The maximum atomic E-state index is 2.41. The van der Waals surface area contributed by atoms with Crippen molar-refractivity contribution in [2.24, 2.45) is 11.3 Å². The molecule has 0 aromatic carbocycles. The highest BCUT2D eigenvalue weighted by molar-refractivity contribution is 4.75. The number of rotatable bonds is 5. The van der Waals surface area contributed by atoms with E-state index in [1.54, 1.807) is 0 Å². The van der Waals surface area contributed by atoms with Crippen LogP contribution in [-0.4, -0.2) is 0 Å². The fraction of sp³-hybridized carbons (Fsp3) is 1.00. The molecular weight excluding hydrogens is 132 g/mol. The first-order valence-corrected chi connectivity index (χ1v) is 5.08. The van der Waals surface area contributed by atoms with E-state index in [9.17, 15) is 0 Å². The Kier molecular flexibility index (Phi) is 4.79. The predicted octanol–water partition coefficient (Wildman–Crippen LogP) is 4.25. The summed E-state index contributed by atoms with van der Waals surface area (Å²) in [4.78, 5) is 0. The van der Waals surface area contributed by atoms with Gasteiger partial charge in [0.1, 0.15) is 0 Å². The van der Waals surface area contributed by atoms with Gasteiger partial charge in [-0.3, -0.25) is 0 Å². The van der Waals surface area contributed by atoms with Crippen molar-refractivity contribution in [1.82, 2.24) is 0 Å². The van der Waals surface area contributed by atoms with Crippen molar-refractivity contribution in [3.8, 4) is 0 Å². The third kappa shape index (κ3) is 3.27. The van der Waals surface area contributed by atoms with Gasteiger partial charge in [0.25, 0.3) is 0 Å². The van der Waals surface area contributed by atoms with Gasteiger partial charge in [0.05, 0.1) is 0 Å². The van der Waals surface area contributed by atoms with E-state index in [2.05, 4.69) is 34.6 Å². The molecule has 0 amide bonds.